The second-order valence-corrected chi connectivity index (χ2v) is 7.22. The Morgan fingerprint density at radius 1 is 1.15 bits per heavy atom. The largest absolute Gasteiger partial charge is 0.325 e. The van der Waals surface area contributed by atoms with E-state index in [0.717, 1.165) is 11.3 Å². The van der Waals surface area contributed by atoms with Crippen LogP contribution in [0.2, 0.25) is 0 Å². The number of amides is 1. The maximum atomic E-state index is 14.0. The monoisotopic (exact) mass is 370 g/mol. The highest BCUT2D eigenvalue weighted by atomic mass is 32.2. The van der Waals surface area contributed by atoms with Crippen LogP contribution in [0.25, 0.3) is 11.4 Å². The number of hydrogen-bond donors (Lipinski definition) is 1. The number of hydrogen-bond acceptors (Lipinski definition) is 4. The van der Waals surface area contributed by atoms with Crippen molar-refractivity contribution in [1.29, 1.82) is 0 Å². The van der Waals surface area contributed by atoms with Crippen molar-refractivity contribution in [3.05, 3.63) is 59.9 Å². The Hall–Kier alpha value is -2.67. The summed E-state index contributed by atoms with van der Waals surface area (Å²) >= 11 is 1.28. The Bertz CT molecular complexity index is 941. The Balaban J connectivity index is 1.74. The van der Waals surface area contributed by atoms with Crippen molar-refractivity contribution >= 4 is 23.4 Å². The number of rotatable bonds is 5. The molecule has 0 radical (unpaired) electrons. The van der Waals surface area contributed by atoms with Crippen LogP contribution in [0.5, 0.6) is 0 Å². The fourth-order valence-corrected chi connectivity index (χ4v) is 3.27. The van der Waals surface area contributed by atoms with E-state index in [0.29, 0.717) is 16.5 Å². The topological polar surface area (TPSA) is 59.8 Å². The molecule has 1 aromatic heterocycles. The van der Waals surface area contributed by atoms with Crippen molar-refractivity contribution in [3.8, 4) is 11.4 Å². The zero-order valence-corrected chi connectivity index (χ0v) is 15.5. The predicted molar refractivity (Wildman–Crippen MR) is 102 cm³/mol. The third-order valence-electron chi connectivity index (χ3n) is 4.00. The first-order chi connectivity index (χ1) is 12.5. The number of nitrogens with zero attached hydrogens (tertiary/aromatic N) is 3. The van der Waals surface area contributed by atoms with E-state index >= 15 is 0 Å². The van der Waals surface area contributed by atoms with Crippen LogP contribution in [-0.4, -0.2) is 25.9 Å². The highest BCUT2D eigenvalue weighted by molar-refractivity contribution is 8.00. The summed E-state index contributed by atoms with van der Waals surface area (Å²) in [5.74, 6) is -0.0539. The summed E-state index contributed by atoms with van der Waals surface area (Å²) in [5, 5.41) is 11.3. The van der Waals surface area contributed by atoms with Gasteiger partial charge in [-0.25, -0.2) is 4.39 Å². The Morgan fingerprint density at radius 2 is 1.85 bits per heavy atom. The van der Waals surface area contributed by atoms with E-state index in [1.807, 2.05) is 31.2 Å². The zero-order valence-electron chi connectivity index (χ0n) is 14.7. The lowest BCUT2D eigenvalue weighted by atomic mass is 10.2. The van der Waals surface area contributed by atoms with Gasteiger partial charge in [0.2, 0.25) is 5.91 Å². The number of thioether (sulfide) groups is 1. The van der Waals surface area contributed by atoms with Gasteiger partial charge in [-0.15, -0.1) is 10.2 Å². The quantitative estimate of drug-likeness (QED) is 0.689. The Kier molecular flexibility index (Phi) is 5.37. The van der Waals surface area contributed by atoms with Crippen LogP contribution in [0, 0.1) is 12.7 Å². The molecule has 0 aliphatic carbocycles. The maximum absolute atomic E-state index is 14.0. The van der Waals surface area contributed by atoms with Crippen molar-refractivity contribution in [2.24, 2.45) is 7.05 Å². The van der Waals surface area contributed by atoms with Gasteiger partial charge in [-0.05, 0) is 37.6 Å². The molecule has 1 atom stereocenters. The average molecular weight is 370 g/mol. The minimum atomic E-state index is -0.383. The van der Waals surface area contributed by atoms with Crippen molar-refractivity contribution in [1.82, 2.24) is 14.8 Å². The number of benzene rings is 2. The molecule has 0 saturated heterocycles. The molecule has 5 nitrogen and oxygen atoms in total. The standard InChI is InChI=1S/C19H19FN4OS/c1-12-8-4-7-11-16(12)21-18(25)13(2)26-19-23-22-17(24(19)3)14-9-5-6-10-15(14)20/h4-11,13H,1-3H3,(H,21,25)/t13-/m1/s1. The second kappa shape index (κ2) is 7.70. The number of nitrogens with one attached hydrogen (secondary N) is 1. The molecule has 1 amide bonds. The van der Waals surface area contributed by atoms with E-state index in [-0.39, 0.29) is 17.0 Å². The van der Waals surface area contributed by atoms with E-state index in [1.165, 1.54) is 17.8 Å². The van der Waals surface area contributed by atoms with E-state index in [1.54, 1.807) is 36.7 Å². The number of halogens is 1. The van der Waals surface area contributed by atoms with Gasteiger partial charge >= 0.3 is 0 Å². The van der Waals surface area contributed by atoms with Gasteiger partial charge in [-0.3, -0.25) is 4.79 Å². The molecule has 0 saturated carbocycles. The summed E-state index contributed by atoms with van der Waals surface area (Å²) in [6.45, 7) is 3.74. The molecule has 0 aliphatic heterocycles. The molecule has 134 valence electrons. The van der Waals surface area contributed by atoms with Gasteiger partial charge in [-0.2, -0.15) is 0 Å². The van der Waals surface area contributed by atoms with Crippen LogP contribution in [0.4, 0.5) is 10.1 Å². The Morgan fingerprint density at radius 3 is 2.58 bits per heavy atom. The lowest BCUT2D eigenvalue weighted by Gasteiger charge is -2.13. The van der Waals surface area contributed by atoms with Crippen LogP contribution in [0.15, 0.2) is 53.7 Å². The van der Waals surface area contributed by atoms with E-state index in [4.69, 9.17) is 0 Å². The smallest absolute Gasteiger partial charge is 0.237 e. The van der Waals surface area contributed by atoms with Gasteiger partial charge in [-0.1, -0.05) is 42.1 Å². The maximum Gasteiger partial charge on any atom is 0.237 e. The number of aromatic nitrogens is 3. The van der Waals surface area contributed by atoms with Crippen LogP contribution in [0.1, 0.15) is 12.5 Å². The highest BCUT2D eigenvalue weighted by Crippen LogP contribution is 2.27. The third kappa shape index (κ3) is 3.77. The van der Waals surface area contributed by atoms with Gasteiger partial charge in [0.05, 0.1) is 10.8 Å². The minimum Gasteiger partial charge on any atom is -0.325 e. The summed E-state index contributed by atoms with van der Waals surface area (Å²) in [6.07, 6.45) is 0. The first kappa shape index (κ1) is 18.1. The molecule has 0 spiro atoms. The van der Waals surface area contributed by atoms with Gasteiger partial charge in [0.1, 0.15) is 5.82 Å². The molecule has 0 unspecified atom stereocenters. The number of carbonyl (C=O) groups is 1. The molecule has 0 aliphatic rings. The molecule has 0 bridgehead atoms. The molecule has 1 heterocycles. The summed E-state index contributed by atoms with van der Waals surface area (Å²) < 4.78 is 15.7. The molecule has 3 aromatic rings. The van der Waals surface area contributed by atoms with Crippen LogP contribution < -0.4 is 5.32 Å². The number of para-hydroxylation sites is 1. The number of anilines is 1. The van der Waals surface area contributed by atoms with Crippen LogP contribution in [-0.2, 0) is 11.8 Å². The summed E-state index contributed by atoms with van der Waals surface area (Å²) in [7, 11) is 1.76. The van der Waals surface area contributed by atoms with Gasteiger partial charge in [0.25, 0.3) is 0 Å². The lowest BCUT2D eigenvalue weighted by Crippen LogP contribution is -2.23. The first-order valence-electron chi connectivity index (χ1n) is 8.15. The molecular weight excluding hydrogens is 351 g/mol. The van der Waals surface area contributed by atoms with Gasteiger partial charge in [0, 0.05) is 12.7 Å². The molecule has 1 N–H and O–H groups in total. The van der Waals surface area contributed by atoms with E-state index in [9.17, 15) is 9.18 Å². The second-order valence-electron chi connectivity index (χ2n) is 5.91. The van der Waals surface area contributed by atoms with Gasteiger partial charge in [0.15, 0.2) is 11.0 Å². The minimum absolute atomic E-state index is 0.125. The normalized spacial score (nSPS) is 12.0. The average Bonchev–Trinajstić information content (AvgIpc) is 2.98. The van der Waals surface area contributed by atoms with Crippen LogP contribution >= 0.6 is 11.8 Å². The van der Waals surface area contributed by atoms with Crippen LogP contribution in [0.3, 0.4) is 0 Å². The molecule has 3 rings (SSSR count). The molecular formula is C19H19FN4OS. The molecule has 26 heavy (non-hydrogen) atoms. The molecule has 2 aromatic carbocycles. The fraction of sp³-hybridized carbons (Fsp3) is 0.211. The van der Waals surface area contributed by atoms with Crippen molar-refractivity contribution < 1.29 is 9.18 Å². The lowest BCUT2D eigenvalue weighted by molar-refractivity contribution is -0.115. The zero-order chi connectivity index (χ0) is 18.7. The molecule has 0 fully saturated rings. The SMILES string of the molecule is Cc1ccccc1NC(=O)[C@@H](C)Sc1nnc(-c2ccccc2F)n1C. The predicted octanol–water partition coefficient (Wildman–Crippen LogP) is 4.05. The number of aryl methyl sites for hydroxylation is 1. The first-order valence-corrected chi connectivity index (χ1v) is 9.02. The van der Waals surface area contributed by atoms with Crippen molar-refractivity contribution in [2.75, 3.05) is 5.32 Å². The van der Waals surface area contributed by atoms with Gasteiger partial charge < -0.3 is 9.88 Å². The summed E-state index contributed by atoms with van der Waals surface area (Å²) in [6, 6.07) is 14.0. The summed E-state index contributed by atoms with van der Waals surface area (Å²) in [4.78, 5) is 12.5. The Labute approximate surface area is 155 Å². The fourth-order valence-electron chi connectivity index (χ4n) is 2.45. The van der Waals surface area contributed by atoms with Crippen molar-refractivity contribution in [3.63, 3.8) is 0 Å². The van der Waals surface area contributed by atoms with E-state index < -0.39 is 0 Å². The highest BCUT2D eigenvalue weighted by Gasteiger charge is 2.20. The molecule has 7 heteroatoms. The van der Waals surface area contributed by atoms with Crippen molar-refractivity contribution in [2.45, 2.75) is 24.3 Å². The third-order valence-corrected chi connectivity index (χ3v) is 5.14. The van der Waals surface area contributed by atoms with E-state index in [2.05, 4.69) is 15.5 Å². The number of carbonyl (C=O) groups excluding carboxylic acids is 1. The summed E-state index contributed by atoms with van der Waals surface area (Å²) in [5.41, 5.74) is 2.17.